The minimum absolute atomic E-state index is 0.155. The molecule has 5 heteroatoms. The van der Waals surface area contributed by atoms with Crippen LogP contribution in [0.4, 0.5) is 0 Å². The molecule has 0 saturated carbocycles. The minimum Gasteiger partial charge on any atom is -0.361 e. The summed E-state index contributed by atoms with van der Waals surface area (Å²) in [7, 11) is 0. The first-order chi connectivity index (χ1) is 12.2. The van der Waals surface area contributed by atoms with Crippen LogP contribution in [0.5, 0.6) is 0 Å². The summed E-state index contributed by atoms with van der Waals surface area (Å²) < 4.78 is 0. The molecule has 3 N–H and O–H groups in total. The molecule has 0 aliphatic carbocycles. The van der Waals surface area contributed by atoms with E-state index in [0.29, 0.717) is 5.56 Å². The van der Waals surface area contributed by atoms with Gasteiger partial charge in [-0.25, -0.2) is 4.98 Å². The molecule has 0 saturated heterocycles. The smallest absolute Gasteiger partial charge is 0.110 e. The summed E-state index contributed by atoms with van der Waals surface area (Å²) in [5, 5.41) is 13.2. The van der Waals surface area contributed by atoms with Crippen LogP contribution in [0.25, 0.3) is 22.2 Å². The summed E-state index contributed by atoms with van der Waals surface area (Å²) in [5.74, 6) is 0. The Morgan fingerprint density at radius 2 is 2.08 bits per heavy atom. The van der Waals surface area contributed by atoms with Gasteiger partial charge in [0.1, 0.15) is 5.01 Å². The van der Waals surface area contributed by atoms with Crippen LogP contribution < -0.4 is 5.73 Å². The third kappa shape index (κ3) is 3.05. The number of hydrogen-bond donors (Lipinski definition) is 2. The Labute approximate surface area is 149 Å². The second-order valence-corrected chi connectivity index (χ2v) is 6.82. The van der Waals surface area contributed by atoms with Gasteiger partial charge < -0.3 is 10.7 Å². The second kappa shape index (κ2) is 6.52. The number of fused-ring (bicyclic) bond motifs is 1. The lowest BCUT2D eigenvalue weighted by Gasteiger charge is -2.07. The maximum Gasteiger partial charge on any atom is 0.110 e. The van der Waals surface area contributed by atoms with Crippen molar-refractivity contribution in [2.45, 2.75) is 12.5 Å². The number of nitrogens with one attached hydrogen (secondary N) is 1. The van der Waals surface area contributed by atoms with E-state index in [1.54, 1.807) is 17.4 Å². The Morgan fingerprint density at radius 3 is 2.96 bits per heavy atom. The van der Waals surface area contributed by atoms with Gasteiger partial charge in [-0.3, -0.25) is 0 Å². The van der Waals surface area contributed by atoms with E-state index in [4.69, 9.17) is 16.0 Å². The summed E-state index contributed by atoms with van der Waals surface area (Å²) >= 11 is 1.56. The van der Waals surface area contributed by atoms with E-state index in [1.807, 2.05) is 41.9 Å². The van der Waals surface area contributed by atoms with Gasteiger partial charge in [-0.2, -0.15) is 5.26 Å². The first-order valence-corrected chi connectivity index (χ1v) is 8.89. The van der Waals surface area contributed by atoms with Gasteiger partial charge in [0, 0.05) is 28.0 Å². The lowest BCUT2D eigenvalue weighted by atomic mass is 10.1. The first-order valence-electron chi connectivity index (χ1n) is 8.01. The summed E-state index contributed by atoms with van der Waals surface area (Å²) in [6.45, 7) is 0. The van der Waals surface area contributed by atoms with E-state index < -0.39 is 0 Å². The van der Waals surface area contributed by atoms with Crippen LogP contribution in [0.15, 0.2) is 60.1 Å². The zero-order valence-electron chi connectivity index (χ0n) is 13.4. The monoisotopic (exact) mass is 344 g/mol. The average Bonchev–Trinajstić information content (AvgIpc) is 3.30. The fourth-order valence-corrected chi connectivity index (χ4v) is 3.79. The molecule has 0 bridgehead atoms. The van der Waals surface area contributed by atoms with Crippen LogP contribution >= 0.6 is 11.3 Å². The highest BCUT2D eigenvalue weighted by molar-refractivity contribution is 7.10. The Morgan fingerprint density at radius 1 is 1.20 bits per heavy atom. The van der Waals surface area contributed by atoms with Crippen LogP contribution in [0.2, 0.25) is 0 Å². The number of benzene rings is 2. The summed E-state index contributed by atoms with van der Waals surface area (Å²) in [6, 6.07) is 17.7. The Hall–Kier alpha value is -2.94. The number of aromatic amines is 1. The first kappa shape index (κ1) is 15.6. The molecule has 0 aliphatic heterocycles. The number of H-pyrrole nitrogens is 1. The topological polar surface area (TPSA) is 78.5 Å². The standard InChI is InChI=1S/C20H16N4S/c21-10-13-4-3-5-14(8-13)19-12-25-20(24-19)17(22)9-15-11-23-18-7-2-1-6-16(15)18/h1-8,11-12,17,23H,9,22H2. The number of rotatable bonds is 4. The zero-order valence-corrected chi connectivity index (χ0v) is 14.3. The second-order valence-electron chi connectivity index (χ2n) is 5.93. The van der Waals surface area contributed by atoms with Gasteiger partial charge in [0.05, 0.1) is 23.4 Å². The van der Waals surface area contributed by atoms with E-state index in [2.05, 4.69) is 23.2 Å². The number of nitrogens with two attached hydrogens (primary N) is 1. The van der Waals surface area contributed by atoms with E-state index in [1.165, 1.54) is 10.9 Å². The molecular formula is C20H16N4S. The van der Waals surface area contributed by atoms with Gasteiger partial charge in [0.25, 0.3) is 0 Å². The minimum atomic E-state index is -0.155. The molecule has 0 amide bonds. The van der Waals surface area contributed by atoms with Gasteiger partial charge >= 0.3 is 0 Å². The molecule has 1 unspecified atom stereocenters. The molecule has 0 radical (unpaired) electrons. The van der Waals surface area contributed by atoms with E-state index in [0.717, 1.165) is 28.2 Å². The molecule has 25 heavy (non-hydrogen) atoms. The normalized spacial score (nSPS) is 12.2. The van der Waals surface area contributed by atoms with Gasteiger partial charge in [-0.15, -0.1) is 11.3 Å². The van der Waals surface area contributed by atoms with Crippen LogP contribution in [0.1, 0.15) is 22.2 Å². The van der Waals surface area contributed by atoms with Crippen molar-refractivity contribution in [2.24, 2.45) is 5.73 Å². The van der Waals surface area contributed by atoms with Crippen molar-refractivity contribution in [3.8, 4) is 17.3 Å². The molecule has 4 nitrogen and oxygen atoms in total. The summed E-state index contributed by atoms with van der Waals surface area (Å²) in [5.41, 5.74) is 11.2. The molecule has 0 fully saturated rings. The molecule has 1 atom stereocenters. The van der Waals surface area contributed by atoms with Crippen LogP contribution in [0, 0.1) is 11.3 Å². The van der Waals surface area contributed by atoms with Crippen molar-refractivity contribution in [1.82, 2.24) is 9.97 Å². The fourth-order valence-electron chi connectivity index (χ4n) is 2.96. The molecule has 122 valence electrons. The van der Waals surface area contributed by atoms with Crippen molar-refractivity contribution < 1.29 is 0 Å². The van der Waals surface area contributed by atoms with Gasteiger partial charge in [0.15, 0.2) is 0 Å². The number of hydrogen-bond acceptors (Lipinski definition) is 4. The lowest BCUT2D eigenvalue weighted by Crippen LogP contribution is -2.12. The third-order valence-electron chi connectivity index (χ3n) is 4.24. The molecule has 2 heterocycles. The van der Waals surface area contributed by atoms with E-state index in [-0.39, 0.29) is 6.04 Å². The van der Waals surface area contributed by atoms with Crippen LogP contribution in [-0.2, 0) is 6.42 Å². The molecule has 4 rings (SSSR count). The highest BCUT2D eigenvalue weighted by Gasteiger charge is 2.15. The predicted molar refractivity (Wildman–Crippen MR) is 101 cm³/mol. The van der Waals surface area contributed by atoms with Gasteiger partial charge in [0.2, 0.25) is 0 Å². The van der Waals surface area contributed by atoms with Crippen molar-refractivity contribution in [1.29, 1.82) is 5.26 Å². The SMILES string of the molecule is N#Cc1cccc(-c2csc(C(N)Cc3c[nH]c4ccccc34)n2)c1. The Kier molecular flexibility index (Phi) is 4.06. The lowest BCUT2D eigenvalue weighted by molar-refractivity contribution is 0.719. The molecule has 4 aromatic rings. The average molecular weight is 344 g/mol. The zero-order chi connectivity index (χ0) is 17.2. The highest BCUT2D eigenvalue weighted by Crippen LogP contribution is 2.28. The van der Waals surface area contributed by atoms with Crippen molar-refractivity contribution in [3.63, 3.8) is 0 Å². The molecular weight excluding hydrogens is 328 g/mol. The van der Waals surface area contributed by atoms with Crippen molar-refractivity contribution in [2.75, 3.05) is 0 Å². The number of nitriles is 1. The molecule has 2 aromatic carbocycles. The molecule has 2 aromatic heterocycles. The third-order valence-corrected chi connectivity index (χ3v) is 5.22. The maximum atomic E-state index is 9.04. The Bertz CT molecular complexity index is 1070. The highest BCUT2D eigenvalue weighted by atomic mass is 32.1. The number of para-hydroxylation sites is 1. The molecule has 0 spiro atoms. The quantitative estimate of drug-likeness (QED) is 0.576. The van der Waals surface area contributed by atoms with Crippen molar-refractivity contribution in [3.05, 3.63) is 76.2 Å². The molecule has 0 aliphatic rings. The van der Waals surface area contributed by atoms with Gasteiger partial charge in [-0.05, 0) is 30.2 Å². The van der Waals surface area contributed by atoms with E-state index in [9.17, 15) is 0 Å². The largest absolute Gasteiger partial charge is 0.361 e. The van der Waals surface area contributed by atoms with Crippen LogP contribution in [-0.4, -0.2) is 9.97 Å². The number of thiazole rings is 1. The number of aromatic nitrogens is 2. The van der Waals surface area contributed by atoms with E-state index >= 15 is 0 Å². The Balaban J connectivity index is 1.58. The number of nitrogens with zero attached hydrogens (tertiary/aromatic N) is 2. The summed E-state index contributed by atoms with van der Waals surface area (Å²) in [6.07, 6.45) is 2.75. The van der Waals surface area contributed by atoms with Crippen LogP contribution in [0.3, 0.4) is 0 Å². The predicted octanol–water partition coefficient (Wildman–Crippen LogP) is 4.41. The fraction of sp³-hybridized carbons (Fsp3) is 0.100. The van der Waals surface area contributed by atoms with Crippen molar-refractivity contribution >= 4 is 22.2 Å². The maximum absolute atomic E-state index is 9.04. The summed E-state index contributed by atoms with van der Waals surface area (Å²) in [4.78, 5) is 7.98. The van der Waals surface area contributed by atoms with Gasteiger partial charge in [-0.1, -0.05) is 30.3 Å².